The van der Waals surface area contributed by atoms with Gasteiger partial charge in [-0.25, -0.2) is 0 Å². The number of anilines is 3. The number of carbonyl (C=O) groups excluding carboxylic acids is 2. The van der Waals surface area contributed by atoms with Gasteiger partial charge in [0, 0.05) is 30.2 Å². The van der Waals surface area contributed by atoms with Crippen LogP contribution in [-0.4, -0.2) is 58.3 Å². The highest BCUT2D eigenvalue weighted by molar-refractivity contribution is 5.93. The van der Waals surface area contributed by atoms with Crippen LogP contribution in [0.2, 0.25) is 0 Å². The van der Waals surface area contributed by atoms with Gasteiger partial charge in [-0.1, -0.05) is 25.1 Å². The molecule has 1 atom stereocenters. The lowest BCUT2D eigenvalue weighted by atomic mass is 10.1. The van der Waals surface area contributed by atoms with E-state index in [2.05, 4.69) is 22.5 Å². The second-order valence-corrected chi connectivity index (χ2v) is 7.56. The normalized spacial score (nSPS) is 14.8. The average Bonchev–Trinajstić information content (AvgIpc) is 2.75. The number of benzene rings is 2. The molecule has 0 radical (unpaired) electrons. The lowest BCUT2D eigenvalue weighted by molar-refractivity contribution is -0.862. The number of likely N-dealkylation sites (N-methyl/N-ethyl adjacent to an activating group) is 1. The van der Waals surface area contributed by atoms with Gasteiger partial charge in [0.25, 0.3) is 11.8 Å². The number of ether oxygens (including phenoxy) is 1. The van der Waals surface area contributed by atoms with Crippen LogP contribution in [0.25, 0.3) is 0 Å². The quantitative estimate of drug-likeness (QED) is 0.610. The summed E-state index contributed by atoms with van der Waals surface area (Å²) in [5, 5.41) is 5.86. The van der Waals surface area contributed by atoms with Crippen LogP contribution in [0.15, 0.2) is 48.5 Å². The molecule has 0 saturated carbocycles. The van der Waals surface area contributed by atoms with Crippen LogP contribution in [0.4, 0.5) is 17.1 Å². The predicted octanol–water partition coefficient (Wildman–Crippen LogP) is 1.18. The molecule has 1 heterocycles. The summed E-state index contributed by atoms with van der Waals surface area (Å²) in [6.45, 7) is 5.74. The topological polar surface area (TPSA) is 75.1 Å². The van der Waals surface area contributed by atoms with Crippen molar-refractivity contribution in [1.29, 1.82) is 0 Å². The molecule has 3 rings (SSSR count). The van der Waals surface area contributed by atoms with Crippen molar-refractivity contribution in [3.63, 3.8) is 0 Å². The van der Waals surface area contributed by atoms with Gasteiger partial charge in [0.2, 0.25) is 0 Å². The van der Waals surface area contributed by atoms with Gasteiger partial charge >= 0.3 is 0 Å². The van der Waals surface area contributed by atoms with Crippen molar-refractivity contribution in [2.45, 2.75) is 13.3 Å². The molecule has 0 aromatic heterocycles. The average molecular weight is 412 g/mol. The fraction of sp³-hybridized carbons (Fsp3) is 0.391. The summed E-state index contributed by atoms with van der Waals surface area (Å²) in [4.78, 5) is 27.8. The molecule has 1 aliphatic rings. The number of nitrogens with one attached hydrogen (secondary N) is 3. The third-order valence-electron chi connectivity index (χ3n) is 5.12. The van der Waals surface area contributed by atoms with E-state index < -0.39 is 0 Å². The highest BCUT2D eigenvalue weighted by Gasteiger charge is 2.16. The monoisotopic (exact) mass is 411 g/mol. The Hall–Kier alpha value is -2.90. The fourth-order valence-corrected chi connectivity index (χ4v) is 3.54. The largest absolute Gasteiger partial charge is 0.378 e. The highest BCUT2D eigenvalue weighted by atomic mass is 16.5. The number of quaternary nitrogens is 1. The van der Waals surface area contributed by atoms with Crippen LogP contribution in [-0.2, 0) is 20.7 Å². The summed E-state index contributed by atoms with van der Waals surface area (Å²) in [6, 6.07) is 15.6. The van der Waals surface area contributed by atoms with Gasteiger partial charge in [-0.15, -0.1) is 0 Å². The van der Waals surface area contributed by atoms with Gasteiger partial charge in [0.1, 0.15) is 0 Å². The molecule has 30 heavy (non-hydrogen) atoms. The second-order valence-electron chi connectivity index (χ2n) is 7.56. The van der Waals surface area contributed by atoms with Gasteiger partial charge in [0.05, 0.1) is 20.3 Å². The number of para-hydroxylation sites is 1. The Balaban J connectivity index is 1.45. The molecule has 1 saturated heterocycles. The lowest BCUT2D eigenvalue weighted by Gasteiger charge is -2.28. The molecule has 2 aromatic carbocycles. The van der Waals surface area contributed by atoms with Crippen molar-refractivity contribution in [3.05, 3.63) is 54.1 Å². The Morgan fingerprint density at radius 2 is 1.60 bits per heavy atom. The van der Waals surface area contributed by atoms with Crippen molar-refractivity contribution in [2.24, 2.45) is 0 Å². The van der Waals surface area contributed by atoms with E-state index in [-0.39, 0.29) is 24.9 Å². The molecule has 2 amide bonds. The van der Waals surface area contributed by atoms with E-state index in [4.69, 9.17) is 4.74 Å². The van der Waals surface area contributed by atoms with Gasteiger partial charge in [-0.3, -0.25) is 9.59 Å². The number of hydrogen-bond acceptors (Lipinski definition) is 4. The first kappa shape index (κ1) is 21.8. The zero-order valence-electron chi connectivity index (χ0n) is 17.7. The van der Waals surface area contributed by atoms with Crippen molar-refractivity contribution < 1.29 is 19.2 Å². The second kappa shape index (κ2) is 10.8. The van der Waals surface area contributed by atoms with E-state index in [0.717, 1.165) is 60.2 Å². The Morgan fingerprint density at radius 1 is 0.967 bits per heavy atom. The van der Waals surface area contributed by atoms with E-state index in [1.165, 1.54) is 0 Å². The number of amides is 2. The molecule has 0 spiro atoms. The van der Waals surface area contributed by atoms with Gasteiger partial charge < -0.3 is 25.2 Å². The Morgan fingerprint density at radius 3 is 2.27 bits per heavy atom. The zero-order valence-corrected chi connectivity index (χ0v) is 17.7. The molecule has 1 unspecified atom stereocenters. The first-order valence-corrected chi connectivity index (χ1v) is 10.5. The highest BCUT2D eigenvalue weighted by Crippen LogP contribution is 2.19. The van der Waals surface area contributed by atoms with E-state index in [1.807, 2.05) is 55.6 Å². The van der Waals surface area contributed by atoms with Crippen molar-refractivity contribution in [2.75, 3.05) is 62.0 Å². The lowest BCUT2D eigenvalue weighted by Crippen LogP contribution is -3.11. The van der Waals surface area contributed by atoms with Crippen molar-refractivity contribution >= 4 is 28.9 Å². The van der Waals surface area contributed by atoms with Crippen molar-refractivity contribution in [1.82, 2.24) is 0 Å². The van der Waals surface area contributed by atoms with Gasteiger partial charge in [-0.2, -0.15) is 0 Å². The number of rotatable bonds is 8. The van der Waals surface area contributed by atoms with E-state index in [9.17, 15) is 9.59 Å². The molecule has 2 aromatic rings. The van der Waals surface area contributed by atoms with Crippen LogP contribution < -0.4 is 20.4 Å². The van der Waals surface area contributed by atoms with Crippen LogP contribution in [0.5, 0.6) is 0 Å². The van der Waals surface area contributed by atoms with Crippen LogP contribution in [0, 0.1) is 0 Å². The van der Waals surface area contributed by atoms with Crippen LogP contribution in [0.3, 0.4) is 0 Å². The molecule has 7 nitrogen and oxygen atoms in total. The number of hydrogen-bond donors (Lipinski definition) is 3. The molecular weight excluding hydrogens is 380 g/mol. The minimum atomic E-state index is -0.117. The Kier molecular flexibility index (Phi) is 7.82. The maximum Gasteiger partial charge on any atom is 0.279 e. The number of carbonyl (C=O) groups is 2. The maximum atomic E-state index is 12.4. The first-order valence-electron chi connectivity index (χ1n) is 10.5. The summed E-state index contributed by atoms with van der Waals surface area (Å²) in [5.74, 6) is -0.218. The van der Waals surface area contributed by atoms with Crippen LogP contribution >= 0.6 is 0 Å². The number of aryl methyl sites for hydroxylation is 1. The zero-order chi connectivity index (χ0) is 21.3. The summed E-state index contributed by atoms with van der Waals surface area (Å²) in [5.41, 5.74) is 3.82. The Bertz CT molecular complexity index is 848. The molecule has 1 aliphatic heterocycles. The predicted molar refractivity (Wildman–Crippen MR) is 119 cm³/mol. The molecule has 0 bridgehead atoms. The SMILES string of the molecule is CCc1ccccc1NC(=O)C[NH+](C)CC(=O)Nc1ccc(N2CCOCC2)cc1. The molecule has 7 heteroatoms. The third kappa shape index (κ3) is 6.30. The fourth-order valence-electron chi connectivity index (χ4n) is 3.54. The summed E-state index contributed by atoms with van der Waals surface area (Å²) < 4.78 is 5.38. The number of morpholine rings is 1. The first-order chi connectivity index (χ1) is 14.5. The Labute approximate surface area is 178 Å². The maximum absolute atomic E-state index is 12.4. The molecule has 1 fully saturated rings. The summed E-state index contributed by atoms with van der Waals surface area (Å²) in [6.07, 6.45) is 0.853. The summed E-state index contributed by atoms with van der Waals surface area (Å²) in [7, 11) is 1.84. The van der Waals surface area contributed by atoms with Gasteiger partial charge in [0.15, 0.2) is 13.1 Å². The van der Waals surface area contributed by atoms with Crippen molar-refractivity contribution in [3.8, 4) is 0 Å². The number of nitrogens with zero attached hydrogens (tertiary/aromatic N) is 1. The van der Waals surface area contributed by atoms with Crippen LogP contribution in [0.1, 0.15) is 12.5 Å². The molecule has 3 N–H and O–H groups in total. The minimum absolute atomic E-state index is 0.101. The smallest absolute Gasteiger partial charge is 0.279 e. The summed E-state index contributed by atoms with van der Waals surface area (Å²) >= 11 is 0. The van der Waals surface area contributed by atoms with Gasteiger partial charge in [-0.05, 0) is 42.3 Å². The van der Waals surface area contributed by atoms with E-state index in [0.29, 0.717) is 0 Å². The van der Waals surface area contributed by atoms with E-state index in [1.54, 1.807) is 0 Å². The molecule has 160 valence electrons. The minimum Gasteiger partial charge on any atom is -0.378 e. The molecular formula is C23H31N4O3+. The van der Waals surface area contributed by atoms with E-state index >= 15 is 0 Å². The standard InChI is InChI=1S/C23H30N4O3/c1-3-18-6-4-5-7-21(18)25-23(29)17-26(2)16-22(28)24-19-8-10-20(11-9-19)27-12-14-30-15-13-27/h4-11H,3,12-17H2,1-2H3,(H,24,28)(H,25,29)/p+1. The molecule has 0 aliphatic carbocycles. The third-order valence-corrected chi connectivity index (χ3v) is 5.12.